The molecule has 2 aromatic rings. The Morgan fingerprint density at radius 3 is 2.92 bits per heavy atom. The van der Waals surface area contributed by atoms with E-state index in [1.165, 1.54) is 5.57 Å². The summed E-state index contributed by atoms with van der Waals surface area (Å²) in [5.74, 6) is -0.0484. The molecule has 25 heavy (non-hydrogen) atoms. The van der Waals surface area contributed by atoms with Crippen LogP contribution in [0.2, 0.25) is 5.02 Å². The first-order valence-electron chi connectivity index (χ1n) is 8.49. The highest BCUT2D eigenvalue weighted by atomic mass is 35.5. The number of amides is 1. The van der Waals surface area contributed by atoms with Crippen LogP contribution in [0.4, 0.5) is 0 Å². The largest absolute Gasteiger partial charge is 0.355 e. The van der Waals surface area contributed by atoms with Crippen LogP contribution in [0.1, 0.15) is 23.5 Å². The number of nitrogens with zero attached hydrogens (tertiary/aromatic N) is 1. The summed E-state index contributed by atoms with van der Waals surface area (Å²) in [5.41, 5.74) is 9.00. The summed E-state index contributed by atoms with van der Waals surface area (Å²) >= 11 is 6.15. The Morgan fingerprint density at radius 1 is 1.32 bits per heavy atom. The Kier molecular flexibility index (Phi) is 5.84. The molecule has 1 aliphatic rings. The van der Waals surface area contributed by atoms with E-state index in [9.17, 15) is 4.79 Å². The Balaban J connectivity index is 1.84. The highest BCUT2D eigenvalue weighted by Gasteiger charge is 2.34. The number of aromatic nitrogens is 1. The SMILES string of the molecule is NCCNC(=O)[C@H]1CC(Cc2cccnc2)=C[C@H]1c1cccc(Cl)c1. The van der Waals surface area contributed by atoms with Crippen molar-refractivity contribution in [3.63, 3.8) is 0 Å². The maximum Gasteiger partial charge on any atom is 0.224 e. The lowest BCUT2D eigenvalue weighted by atomic mass is 9.88. The molecule has 5 heteroatoms. The summed E-state index contributed by atoms with van der Waals surface area (Å²) < 4.78 is 0. The second-order valence-corrected chi connectivity index (χ2v) is 6.77. The van der Waals surface area contributed by atoms with Crippen molar-refractivity contribution in [2.45, 2.75) is 18.8 Å². The predicted octanol–water partition coefficient (Wildman–Crippen LogP) is 3.08. The van der Waals surface area contributed by atoms with Crippen molar-refractivity contribution in [2.75, 3.05) is 13.1 Å². The Labute approximate surface area is 153 Å². The smallest absolute Gasteiger partial charge is 0.224 e. The van der Waals surface area contributed by atoms with Crippen LogP contribution in [0.3, 0.4) is 0 Å². The van der Waals surface area contributed by atoms with E-state index in [0.717, 1.165) is 24.0 Å². The number of hydrogen-bond acceptors (Lipinski definition) is 3. The summed E-state index contributed by atoms with van der Waals surface area (Å²) in [7, 11) is 0. The molecule has 3 N–H and O–H groups in total. The van der Waals surface area contributed by atoms with Crippen LogP contribution in [0, 0.1) is 5.92 Å². The van der Waals surface area contributed by atoms with Gasteiger partial charge in [0.2, 0.25) is 5.91 Å². The molecule has 1 aliphatic carbocycles. The first-order chi connectivity index (χ1) is 12.2. The molecule has 0 saturated heterocycles. The fraction of sp³-hybridized carbons (Fsp3) is 0.300. The van der Waals surface area contributed by atoms with Crippen molar-refractivity contribution < 1.29 is 4.79 Å². The number of nitrogens with two attached hydrogens (primary N) is 1. The number of hydrogen-bond donors (Lipinski definition) is 2. The maximum atomic E-state index is 12.6. The Bertz CT molecular complexity index is 761. The van der Waals surface area contributed by atoms with Gasteiger partial charge in [0.25, 0.3) is 0 Å². The molecule has 1 heterocycles. The van der Waals surface area contributed by atoms with E-state index in [4.69, 9.17) is 17.3 Å². The van der Waals surface area contributed by atoms with Crippen LogP contribution in [-0.4, -0.2) is 24.0 Å². The van der Waals surface area contributed by atoms with Crippen LogP contribution in [0.5, 0.6) is 0 Å². The molecule has 1 aromatic heterocycles. The second-order valence-electron chi connectivity index (χ2n) is 6.33. The van der Waals surface area contributed by atoms with Crippen molar-refractivity contribution in [1.82, 2.24) is 10.3 Å². The van der Waals surface area contributed by atoms with Gasteiger partial charge in [0.05, 0.1) is 5.92 Å². The zero-order chi connectivity index (χ0) is 17.6. The minimum absolute atomic E-state index is 0.0307. The van der Waals surface area contributed by atoms with Crippen LogP contribution < -0.4 is 11.1 Å². The lowest BCUT2D eigenvalue weighted by Crippen LogP contribution is -2.35. The molecular weight excluding hydrogens is 334 g/mol. The average Bonchev–Trinajstić information content (AvgIpc) is 3.04. The van der Waals surface area contributed by atoms with Gasteiger partial charge in [-0.3, -0.25) is 9.78 Å². The van der Waals surface area contributed by atoms with E-state index in [0.29, 0.717) is 18.1 Å². The lowest BCUT2D eigenvalue weighted by molar-refractivity contribution is -0.125. The molecule has 0 spiro atoms. The number of allylic oxidation sites excluding steroid dienone is 2. The Morgan fingerprint density at radius 2 is 2.20 bits per heavy atom. The molecule has 3 rings (SSSR count). The highest BCUT2D eigenvalue weighted by Crippen LogP contribution is 2.40. The van der Waals surface area contributed by atoms with E-state index in [1.54, 1.807) is 6.20 Å². The van der Waals surface area contributed by atoms with Gasteiger partial charge in [-0.1, -0.05) is 41.4 Å². The average molecular weight is 356 g/mol. The summed E-state index contributed by atoms with van der Waals surface area (Å²) in [6, 6.07) is 11.8. The second kappa shape index (κ2) is 8.28. The summed E-state index contributed by atoms with van der Waals surface area (Å²) in [4.78, 5) is 16.8. The van der Waals surface area contributed by atoms with Gasteiger partial charge in [-0.05, 0) is 42.2 Å². The van der Waals surface area contributed by atoms with E-state index in [-0.39, 0.29) is 17.7 Å². The quantitative estimate of drug-likeness (QED) is 0.782. The minimum atomic E-state index is -0.128. The molecule has 1 aromatic carbocycles. The first kappa shape index (κ1) is 17.6. The summed E-state index contributed by atoms with van der Waals surface area (Å²) in [6.07, 6.45) is 7.40. The molecule has 130 valence electrons. The number of pyridine rings is 1. The van der Waals surface area contributed by atoms with Gasteiger partial charge in [0, 0.05) is 36.4 Å². The van der Waals surface area contributed by atoms with Gasteiger partial charge < -0.3 is 11.1 Å². The van der Waals surface area contributed by atoms with Gasteiger partial charge >= 0.3 is 0 Å². The third-order valence-corrected chi connectivity index (χ3v) is 4.73. The summed E-state index contributed by atoms with van der Waals surface area (Å²) in [6.45, 7) is 0.936. The lowest BCUT2D eigenvalue weighted by Gasteiger charge is -2.19. The standard InChI is InChI=1S/C20H22ClN3O/c21-17-5-1-4-16(12-17)18-10-15(9-14-3-2-7-23-13-14)11-19(18)20(25)24-8-6-22/h1-5,7,10,12-13,18-19H,6,8-9,11,22H2,(H,24,25)/t18-,19-/m0/s1. The first-order valence-corrected chi connectivity index (χ1v) is 8.87. The molecule has 4 nitrogen and oxygen atoms in total. The van der Waals surface area contributed by atoms with E-state index >= 15 is 0 Å². The molecule has 0 fully saturated rings. The van der Waals surface area contributed by atoms with Gasteiger partial charge in [-0.15, -0.1) is 0 Å². The van der Waals surface area contributed by atoms with Crippen LogP contribution >= 0.6 is 11.6 Å². The number of nitrogens with one attached hydrogen (secondary N) is 1. The topological polar surface area (TPSA) is 68.0 Å². The van der Waals surface area contributed by atoms with Crippen LogP contribution in [0.15, 0.2) is 60.4 Å². The number of carbonyl (C=O) groups is 1. The number of benzene rings is 1. The van der Waals surface area contributed by atoms with Gasteiger partial charge in [0.15, 0.2) is 0 Å². The number of halogens is 1. The zero-order valence-electron chi connectivity index (χ0n) is 14.0. The van der Waals surface area contributed by atoms with Gasteiger partial charge in [0.1, 0.15) is 0 Å². The zero-order valence-corrected chi connectivity index (χ0v) is 14.7. The molecule has 0 radical (unpaired) electrons. The van der Waals surface area contributed by atoms with Gasteiger partial charge in [-0.2, -0.15) is 0 Å². The third-order valence-electron chi connectivity index (χ3n) is 4.50. The van der Waals surface area contributed by atoms with Crippen molar-refractivity contribution >= 4 is 17.5 Å². The molecular formula is C20H22ClN3O. The highest BCUT2D eigenvalue weighted by molar-refractivity contribution is 6.30. The van der Waals surface area contributed by atoms with E-state index in [2.05, 4.69) is 22.4 Å². The van der Waals surface area contributed by atoms with Crippen LogP contribution in [0.25, 0.3) is 0 Å². The third kappa shape index (κ3) is 4.47. The maximum absolute atomic E-state index is 12.6. The van der Waals surface area contributed by atoms with E-state index in [1.807, 2.05) is 36.5 Å². The fourth-order valence-corrected chi connectivity index (χ4v) is 3.57. The normalized spacial score (nSPS) is 19.5. The number of carbonyl (C=O) groups excluding carboxylic acids is 1. The monoisotopic (exact) mass is 355 g/mol. The molecule has 2 atom stereocenters. The molecule has 0 unspecified atom stereocenters. The van der Waals surface area contributed by atoms with Crippen LogP contribution in [-0.2, 0) is 11.2 Å². The van der Waals surface area contributed by atoms with Crippen molar-refractivity contribution in [3.05, 3.63) is 76.6 Å². The van der Waals surface area contributed by atoms with Gasteiger partial charge in [-0.25, -0.2) is 0 Å². The minimum Gasteiger partial charge on any atom is -0.355 e. The molecule has 0 bridgehead atoms. The van der Waals surface area contributed by atoms with Crippen molar-refractivity contribution in [1.29, 1.82) is 0 Å². The summed E-state index contributed by atoms with van der Waals surface area (Å²) in [5, 5.41) is 3.62. The number of rotatable bonds is 6. The van der Waals surface area contributed by atoms with E-state index < -0.39 is 0 Å². The predicted molar refractivity (Wildman–Crippen MR) is 100 cm³/mol. The van der Waals surface area contributed by atoms with Crippen molar-refractivity contribution in [2.24, 2.45) is 11.7 Å². The molecule has 0 aliphatic heterocycles. The molecule has 0 saturated carbocycles. The fourth-order valence-electron chi connectivity index (χ4n) is 3.37. The Hall–Kier alpha value is -2.17. The van der Waals surface area contributed by atoms with Crippen molar-refractivity contribution in [3.8, 4) is 0 Å². The molecule has 1 amide bonds.